The van der Waals surface area contributed by atoms with Crippen LogP contribution in [0.2, 0.25) is 0 Å². The summed E-state index contributed by atoms with van der Waals surface area (Å²) in [6.45, 7) is 11.5. The molecule has 0 saturated heterocycles. The Kier molecular flexibility index (Phi) is 4.54. The summed E-state index contributed by atoms with van der Waals surface area (Å²) >= 11 is 0. The van der Waals surface area contributed by atoms with Crippen molar-refractivity contribution in [1.82, 2.24) is 10.3 Å². The zero-order valence-electron chi connectivity index (χ0n) is 11.1. The number of nitrogens with one attached hydrogen (secondary N) is 1. The maximum Gasteiger partial charge on any atom is 0.208 e. The van der Waals surface area contributed by atoms with Crippen molar-refractivity contribution in [1.29, 1.82) is 0 Å². The van der Waals surface area contributed by atoms with Crippen molar-refractivity contribution in [3.63, 3.8) is 0 Å². The predicted molar refractivity (Wildman–Crippen MR) is 66.3 cm³/mol. The van der Waals surface area contributed by atoms with Crippen molar-refractivity contribution in [3.8, 4) is 0 Å². The lowest BCUT2D eigenvalue weighted by Crippen LogP contribution is -2.35. The standard InChI is InChI=1S/C13H24N2O/c1-10(2)6-7-11-8-14-12(16-11)9-15-13(3,4)5/h8,10,15H,6-7,9H2,1-5H3. The van der Waals surface area contributed by atoms with E-state index in [4.69, 9.17) is 4.42 Å². The van der Waals surface area contributed by atoms with E-state index >= 15 is 0 Å². The fourth-order valence-electron chi connectivity index (χ4n) is 1.32. The summed E-state index contributed by atoms with van der Waals surface area (Å²) in [7, 11) is 0. The molecule has 0 fully saturated rings. The number of nitrogens with zero attached hydrogens (tertiary/aromatic N) is 1. The van der Waals surface area contributed by atoms with Crippen LogP contribution in [0.3, 0.4) is 0 Å². The lowest BCUT2D eigenvalue weighted by molar-refractivity contribution is 0.368. The fraction of sp³-hybridized carbons (Fsp3) is 0.769. The minimum absolute atomic E-state index is 0.104. The molecule has 0 atom stereocenters. The van der Waals surface area contributed by atoms with Crippen molar-refractivity contribution < 1.29 is 4.42 Å². The molecular weight excluding hydrogens is 200 g/mol. The predicted octanol–water partition coefficient (Wildman–Crippen LogP) is 3.15. The molecule has 1 rings (SSSR count). The highest BCUT2D eigenvalue weighted by Crippen LogP contribution is 2.11. The summed E-state index contributed by atoms with van der Waals surface area (Å²) in [6.07, 6.45) is 3.99. The third kappa shape index (κ3) is 5.31. The van der Waals surface area contributed by atoms with E-state index < -0.39 is 0 Å². The van der Waals surface area contributed by atoms with Crippen molar-refractivity contribution in [2.75, 3.05) is 0 Å². The van der Waals surface area contributed by atoms with Crippen LogP contribution in [0.15, 0.2) is 10.6 Å². The van der Waals surface area contributed by atoms with Crippen molar-refractivity contribution in [2.24, 2.45) is 5.92 Å². The monoisotopic (exact) mass is 224 g/mol. The molecule has 0 amide bonds. The molecule has 1 heterocycles. The van der Waals surface area contributed by atoms with E-state index in [1.807, 2.05) is 6.20 Å². The number of rotatable bonds is 5. The SMILES string of the molecule is CC(C)CCc1cnc(CNC(C)(C)C)o1. The molecule has 3 nitrogen and oxygen atoms in total. The van der Waals surface area contributed by atoms with Gasteiger partial charge in [-0.05, 0) is 33.1 Å². The first kappa shape index (κ1) is 13.2. The lowest BCUT2D eigenvalue weighted by atomic mass is 10.1. The van der Waals surface area contributed by atoms with Gasteiger partial charge in [-0.2, -0.15) is 0 Å². The van der Waals surface area contributed by atoms with Crippen LogP contribution in [0.1, 0.15) is 52.7 Å². The van der Waals surface area contributed by atoms with E-state index in [-0.39, 0.29) is 5.54 Å². The molecule has 0 aliphatic rings. The minimum Gasteiger partial charge on any atom is -0.444 e. The zero-order valence-corrected chi connectivity index (χ0v) is 11.1. The molecule has 92 valence electrons. The highest BCUT2D eigenvalue weighted by molar-refractivity contribution is 4.95. The molecule has 3 heteroatoms. The first-order valence-corrected chi connectivity index (χ1v) is 6.05. The Hall–Kier alpha value is -0.830. The topological polar surface area (TPSA) is 38.1 Å². The summed E-state index contributed by atoms with van der Waals surface area (Å²) in [5.41, 5.74) is 0.104. The smallest absolute Gasteiger partial charge is 0.208 e. The lowest BCUT2D eigenvalue weighted by Gasteiger charge is -2.18. The van der Waals surface area contributed by atoms with Gasteiger partial charge in [0.2, 0.25) is 5.89 Å². The van der Waals surface area contributed by atoms with Crippen LogP contribution in [-0.2, 0) is 13.0 Å². The van der Waals surface area contributed by atoms with Crippen molar-refractivity contribution in [3.05, 3.63) is 17.8 Å². The number of oxazole rings is 1. The number of hydrogen-bond acceptors (Lipinski definition) is 3. The first-order chi connectivity index (χ1) is 7.37. The van der Waals surface area contributed by atoms with Gasteiger partial charge in [0.25, 0.3) is 0 Å². The van der Waals surface area contributed by atoms with Crippen LogP contribution in [-0.4, -0.2) is 10.5 Å². The fourth-order valence-corrected chi connectivity index (χ4v) is 1.32. The van der Waals surface area contributed by atoms with Gasteiger partial charge >= 0.3 is 0 Å². The second-order valence-electron chi connectivity index (χ2n) is 5.76. The maximum absolute atomic E-state index is 5.66. The van der Waals surface area contributed by atoms with Crippen LogP contribution in [0.5, 0.6) is 0 Å². The van der Waals surface area contributed by atoms with E-state index in [1.165, 1.54) is 0 Å². The average molecular weight is 224 g/mol. The van der Waals surface area contributed by atoms with Crippen molar-refractivity contribution >= 4 is 0 Å². The molecule has 0 bridgehead atoms. The van der Waals surface area contributed by atoms with E-state index in [9.17, 15) is 0 Å². The molecule has 1 N–H and O–H groups in total. The summed E-state index contributed by atoms with van der Waals surface area (Å²) in [6, 6.07) is 0. The summed E-state index contributed by atoms with van der Waals surface area (Å²) in [4.78, 5) is 4.27. The van der Waals surface area contributed by atoms with Gasteiger partial charge in [0, 0.05) is 12.0 Å². The molecule has 0 unspecified atom stereocenters. The molecule has 1 aromatic heterocycles. The second-order valence-corrected chi connectivity index (χ2v) is 5.76. The summed E-state index contributed by atoms with van der Waals surface area (Å²) < 4.78 is 5.66. The van der Waals surface area contributed by atoms with Gasteiger partial charge in [-0.25, -0.2) is 4.98 Å². The van der Waals surface area contributed by atoms with Crippen molar-refractivity contribution in [2.45, 2.75) is 59.5 Å². The third-order valence-corrected chi connectivity index (χ3v) is 2.34. The van der Waals surface area contributed by atoms with Gasteiger partial charge < -0.3 is 9.73 Å². The van der Waals surface area contributed by atoms with E-state index in [1.54, 1.807) is 0 Å². The Bertz CT molecular complexity index is 310. The summed E-state index contributed by atoms with van der Waals surface area (Å²) in [5, 5.41) is 3.36. The third-order valence-electron chi connectivity index (χ3n) is 2.34. The van der Waals surface area contributed by atoms with E-state index in [0.717, 1.165) is 24.5 Å². The second kappa shape index (κ2) is 5.48. The number of aryl methyl sites for hydroxylation is 1. The van der Waals surface area contributed by atoms with Gasteiger partial charge in [-0.15, -0.1) is 0 Å². The number of aromatic nitrogens is 1. The molecule has 0 aromatic carbocycles. The van der Waals surface area contributed by atoms with Gasteiger partial charge in [0.15, 0.2) is 0 Å². The normalized spacial score (nSPS) is 12.4. The van der Waals surface area contributed by atoms with Gasteiger partial charge in [0.1, 0.15) is 5.76 Å². The Balaban J connectivity index is 2.39. The Morgan fingerprint density at radius 3 is 2.62 bits per heavy atom. The van der Waals surface area contributed by atoms with E-state index in [0.29, 0.717) is 12.5 Å². The van der Waals surface area contributed by atoms with Crippen LogP contribution in [0.4, 0.5) is 0 Å². The Labute approximate surface area is 98.6 Å². The van der Waals surface area contributed by atoms with Crippen LogP contribution in [0.25, 0.3) is 0 Å². The average Bonchev–Trinajstić information content (AvgIpc) is 2.58. The summed E-state index contributed by atoms with van der Waals surface area (Å²) in [5.74, 6) is 2.49. The maximum atomic E-state index is 5.66. The van der Waals surface area contributed by atoms with Gasteiger partial charge in [-0.3, -0.25) is 0 Å². The van der Waals surface area contributed by atoms with E-state index in [2.05, 4.69) is 44.9 Å². The Morgan fingerprint density at radius 2 is 2.06 bits per heavy atom. The largest absolute Gasteiger partial charge is 0.444 e. The Morgan fingerprint density at radius 1 is 1.38 bits per heavy atom. The van der Waals surface area contributed by atoms with Crippen LogP contribution < -0.4 is 5.32 Å². The number of hydrogen-bond donors (Lipinski definition) is 1. The highest BCUT2D eigenvalue weighted by atomic mass is 16.4. The van der Waals surface area contributed by atoms with Gasteiger partial charge in [0.05, 0.1) is 12.7 Å². The minimum atomic E-state index is 0.104. The quantitative estimate of drug-likeness (QED) is 0.835. The molecule has 1 aromatic rings. The van der Waals surface area contributed by atoms with Gasteiger partial charge in [-0.1, -0.05) is 13.8 Å². The zero-order chi connectivity index (χ0) is 12.2. The first-order valence-electron chi connectivity index (χ1n) is 6.05. The highest BCUT2D eigenvalue weighted by Gasteiger charge is 2.11. The van der Waals surface area contributed by atoms with Crippen LogP contribution in [0, 0.1) is 5.92 Å². The molecule has 0 aliphatic heterocycles. The molecular formula is C13H24N2O. The molecule has 0 spiro atoms. The van der Waals surface area contributed by atoms with Crippen LogP contribution >= 0.6 is 0 Å². The molecule has 0 radical (unpaired) electrons. The molecule has 0 aliphatic carbocycles. The molecule has 0 saturated carbocycles. The molecule has 16 heavy (non-hydrogen) atoms.